The molecule has 2 heterocycles. The zero-order valence-electron chi connectivity index (χ0n) is 13.2. The van der Waals surface area contributed by atoms with Crippen LogP contribution in [0.15, 0.2) is 42.5 Å². The summed E-state index contributed by atoms with van der Waals surface area (Å²) < 4.78 is 5.35. The molecule has 2 aromatic rings. The van der Waals surface area contributed by atoms with Gasteiger partial charge in [0.2, 0.25) is 0 Å². The number of hydrogen-bond donors (Lipinski definition) is 1. The van der Waals surface area contributed by atoms with E-state index in [-0.39, 0.29) is 11.9 Å². The number of nitrogens with two attached hydrogens (primary N) is 1. The Balaban J connectivity index is 1.74. The van der Waals surface area contributed by atoms with E-state index in [0.717, 1.165) is 37.3 Å². The first-order valence-electron chi connectivity index (χ1n) is 7.83. The Morgan fingerprint density at radius 3 is 2.52 bits per heavy atom. The quantitative estimate of drug-likeness (QED) is 0.946. The lowest BCUT2D eigenvalue weighted by molar-refractivity contribution is 0.0362. The summed E-state index contributed by atoms with van der Waals surface area (Å²) in [6, 6.07) is 13.3. The van der Waals surface area contributed by atoms with Gasteiger partial charge < -0.3 is 15.4 Å². The SMILES string of the molecule is CN(C(=O)c1ccc(-c2cccc(N)n2)cc1)C1CCOCC1. The molecule has 3 rings (SSSR count). The lowest BCUT2D eigenvalue weighted by Gasteiger charge is -2.31. The minimum Gasteiger partial charge on any atom is -0.384 e. The molecule has 1 amide bonds. The smallest absolute Gasteiger partial charge is 0.253 e. The molecule has 0 radical (unpaired) electrons. The van der Waals surface area contributed by atoms with Gasteiger partial charge in [-0.15, -0.1) is 0 Å². The van der Waals surface area contributed by atoms with Crippen molar-refractivity contribution in [2.75, 3.05) is 26.0 Å². The number of anilines is 1. The lowest BCUT2D eigenvalue weighted by atomic mass is 10.0. The number of benzene rings is 1. The van der Waals surface area contributed by atoms with E-state index in [9.17, 15) is 4.79 Å². The number of ether oxygens (including phenoxy) is 1. The molecule has 1 aliphatic heterocycles. The number of nitrogen functional groups attached to an aromatic ring is 1. The highest BCUT2D eigenvalue weighted by molar-refractivity contribution is 5.94. The maximum absolute atomic E-state index is 12.6. The van der Waals surface area contributed by atoms with Gasteiger partial charge in [-0.2, -0.15) is 0 Å². The van der Waals surface area contributed by atoms with Crippen LogP contribution < -0.4 is 5.73 Å². The summed E-state index contributed by atoms with van der Waals surface area (Å²) in [5.74, 6) is 0.533. The summed E-state index contributed by atoms with van der Waals surface area (Å²) in [5, 5.41) is 0. The summed E-state index contributed by atoms with van der Waals surface area (Å²) in [7, 11) is 1.87. The van der Waals surface area contributed by atoms with Gasteiger partial charge in [-0.25, -0.2) is 4.98 Å². The fraction of sp³-hybridized carbons (Fsp3) is 0.333. The third kappa shape index (κ3) is 3.51. The fourth-order valence-electron chi connectivity index (χ4n) is 2.84. The lowest BCUT2D eigenvalue weighted by Crippen LogP contribution is -2.40. The van der Waals surface area contributed by atoms with Crippen LogP contribution in [0, 0.1) is 0 Å². The maximum Gasteiger partial charge on any atom is 0.253 e. The average molecular weight is 311 g/mol. The van der Waals surface area contributed by atoms with Gasteiger partial charge in [0.05, 0.1) is 5.69 Å². The van der Waals surface area contributed by atoms with Crippen LogP contribution in [0.4, 0.5) is 5.82 Å². The summed E-state index contributed by atoms with van der Waals surface area (Å²) >= 11 is 0. The second kappa shape index (κ2) is 6.79. The molecule has 0 atom stereocenters. The molecule has 0 spiro atoms. The Morgan fingerprint density at radius 1 is 1.17 bits per heavy atom. The van der Waals surface area contributed by atoms with Crippen LogP contribution in [0.5, 0.6) is 0 Å². The molecule has 0 aliphatic carbocycles. The van der Waals surface area contributed by atoms with Gasteiger partial charge in [-0.1, -0.05) is 18.2 Å². The van der Waals surface area contributed by atoms with Crippen LogP contribution in [0.3, 0.4) is 0 Å². The van der Waals surface area contributed by atoms with E-state index in [2.05, 4.69) is 4.98 Å². The first-order valence-corrected chi connectivity index (χ1v) is 7.83. The van der Waals surface area contributed by atoms with Crippen molar-refractivity contribution in [1.82, 2.24) is 9.88 Å². The van der Waals surface area contributed by atoms with E-state index < -0.39 is 0 Å². The van der Waals surface area contributed by atoms with Gasteiger partial charge in [0.25, 0.3) is 5.91 Å². The number of pyridine rings is 1. The highest BCUT2D eigenvalue weighted by atomic mass is 16.5. The van der Waals surface area contributed by atoms with Crippen molar-refractivity contribution in [2.24, 2.45) is 0 Å². The van der Waals surface area contributed by atoms with Gasteiger partial charge in [0.1, 0.15) is 5.82 Å². The predicted octanol–water partition coefficient (Wildman–Crippen LogP) is 2.58. The van der Waals surface area contributed by atoms with Gasteiger partial charge >= 0.3 is 0 Å². The van der Waals surface area contributed by atoms with E-state index in [4.69, 9.17) is 10.5 Å². The highest BCUT2D eigenvalue weighted by Gasteiger charge is 2.23. The van der Waals surface area contributed by atoms with Gasteiger partial charge in [0, 0.05) is 37.4 Å². The summed E-state index contributed by atoms with van der Waals surface area (Å²) in [4.78, 5) is 18.7. The van der Waals surface area contributed by atoms with Crippen LogP contribution >= 0.6 is 0 Å². The Labute approximate surface area is 136 Å². The standard InChI is InChI=1S/C18H21N3O2/c1-21(15-9-11-23-12-10-15)18(22)14-7-5-13(6-8-14)16-3-2-4-17(19)20-16/h2-8,15H,9-12H2,1H3,(H2,19,20). The van der Waals surface area contributed by atoms with E-state index >= 15 is 0 Å². The van der Waals surface area contributed by atoms with Crippen molar-refractivity contribution < 1.29 is 9.53 Å². The molecule has 0 unspecified atom stereocenters. The minimum absolute atomic E-state index is 0.0454. The van der Waals surface area contributed by atoms with Gasteiger partial charge in [-0.05, 0) is 37.1 Å². The molecule has 5 nitrogen and oxygen atoms in total. The Bertz CT molecular complexity index is 679. The predicted molar refractivity (Wildman–Crippen MR) is 90.0 cm³/mol. The van der Waals surface area contributed by atoms with E-state index in [1.165, 1.54) is 0 Å². The molecule has 1 saturated heterocycles. The Hall–Kier alpha value is -2.40. The maximum atomic E-state index is 12.6. The van der Waals surface area contributed by atoms with Crippen molar-refractivity contribution in [3.05, 3.63) is 48.0 Å². The molecular formula is C18H21N3O2. The van der Waals surface area contributed by atoms with E-state index in [1.54, 1.807) is 6.07 Å². The summed E-state index contributed by atoms with van der Waals surface area (Å²) in [5.41, 5.74) is 8.16. The molecule has 0 saturated carbocycles. The molecule has 2 N–H and O–H groups in total. The van der Waals surface area contributed by atoms with Crippen LogP contribution in [0.2, 0.25) is 0 Å². The van der Waals surface area contributed by atoms with Crippen molar-refractivity contribution in [3.63, 3.8) is 0 Å². The normalized spacial score (nSPS) is 15.3. The van der Waals surface area contributed by atoms with E-state index in [1.807, 2.05) is 48.3 Å². The summed E-state index contributed by atoms with van der Waals surface area (Å²) in [6.07, 6.45) is 1.79. The molecule has 1 aromatic carbocycles. The fourth-order valence-corrected chi connectivity index (χ4v) is 2.84. The number of aromatic nitrogens is 1. The minimum atomic E-state index is 0.0454. The molecule has 1 aliphatic rings. The van der Waals surface area contributed by atoms with E-state index in [0.29, 0.717) is 11.4 Å². The van der Waals surface area contributed by atoms with Gasteiger partial charge in [0.15, 0.2) is 0 Å². The Morgan fingerprint density at radius 2 is 1.87 bits per heavy atom. The number of carbonyl (C=O) groups excluding carboxylic acids is 1. The molecule has 5 heteroatoms. The second-order valence-electron chi connectivity index (χ2n) is 5.78. The topological polar surface area (TPSA) is 68.5 Å². The molecule has 0 bridgehead atoms. The average Bonchev–Trinajstić information content (AvgIpc) is 2.61. The molecule has 1 aromatic heterocycles. The molecular weight excluding hydrogens is 290 g/mol. The molecule has 120 valence electrons. The van der Waals surface area contributed by atoms with Crippen LogP contribution in [0.1, 0.15) is 23.2 Å². The van der Waals surface area contributed by atoms with Crippen LogP contribution in [0.25, 0.3) is 11.3 Å². The summed E-state index contributed by atoms with van der Waals surface area (Å²) in [6.45, 7) is 1.45. The first-order chi connectivity index (χ1) is 11.1. The van der Waals surface area contributed by atoms with Crippen molar-refractivity contribution in [3.8, 4) is 11.3 Å². The monoisotopic (exact) mass is 311 g/mol. The third-order valence-corrected chi connectivity index (χ3v) is 4.26. The number of carbonyl (C=O) groups is 1. The molecule has 23 heavy (non-hydrogen) atoms. The first kappa shape index (κ1) is 15.5. The largest absolute Gasteiger partial charge is 0.384 e. The van der Waals surface area contributed by atoms with Crippen LogP contribution in [-0.2, 0) is 4.74 Å². The van der Waals surface area contributed by atoms with Gasteiger partial charge in [-0.3, -0.25) is 4.79 Å². The Kier molecular flexibility index (Phi) is 4.57. The number of amides is 1. The van der Waals surface area contributed by atoms with Crippen molar-refractivity contribution in [1.29, 1.82) is 0 Å². The third-order valence-electron chi connectivity index (χ3n) is 4.26. The zero-order chi connectivity index (χ0) is 16.2. The second-order valence-corrected chi connectivity index (χ2v) is 5.78. The number of rotatable bonds is 3. The highest BCUT2D eigenvalue weighted by Crippen LogP contribution is 2.20. The van der Waals surface area contributed by atoms with Crippen molar-refractivity contribution in [2.45, 2.75) is 18.9 Å². The number of nitrogens with zero attached hydrogens (tertiary/aromatic N) is 2. The molecule has 1 fully saturated rings. The van der Waals surface area contributed by atoms with Crippen molar-refractivity contribution >= 4 is 11.7 Å². The zero-order valence-corrected chi connectivity index (χ0v) is 13.2. The van der Waals surface area contributed by atoms with Crippen LogP contribution in [-0.4, -0.2) is 42.1 Å². The number of hydrogen-bond acceptors (Lipinski definition) is 4.